The molecule has 4 atom stereocenters. The molecule has 0 aliphatic rings. The zero-order chi connectivity index (χ0) is 42.8. The summed E-state index contributed by atoms with van der Waals surface area (Å²) in [7, 11) is 1.91. The summed E-state index contributed by atoms with van der Waals surface area (Å²) in [6.07, 6.45) is 25.4. The fraction of sp³-hybridized carbons (Fsp3) is 0.500. The molecule has 0 amide bonds. The molecule has 0 aliphatic carbocycles. The van der Waals surface area contributed by atoms with Crippen molar-refractivity contribution in [3.63, 3.8) is 0 Å². The second-order valence-electron chi connectivity index (χ2n) is 13.5. The number of aromatic nitrogens is 2. The van der Waals surface area contributed by atoms with Crippen molar-refractivity contribution in [3.05, 3.63) is 108 Å². The van der Waals surface area contributed by atoms with E-state index in [0.29, 0.717) is 28.5 Å². The number of rotatable bonds is 17. The fourth-order valence-electron chi connectivity index (χ4n) is 4.99. The van der Waals surface area contributed by atoms with E-state index in [2.05, 4.69) is 75.1 Å². The van der Waals surface area contributed by atoms with Crippen LogP contribution in [0.15, 0.2) is 85.1 Å². The van der Waals surface area contributed by atoms with Gasteiger partial charge in [-0.2, -0.15) is 0 Å². The molecule has 3 N–H and O–H groups in total. The number of aromatic amines is 1. The fourth-order valence-corrected chi connectivity index (χ4v) is 5.27. The van der Waals surface area contributed by atoms with Crippen molar-refractivity contribution in [1.82, 2.24) is 15.3 Å². The number of aromatic carboxylic acids is 1. The second kappa shape index (κ2) is 34.8. The highest BCUT2D eigenvalue weighted by atomic mass is 35.5. The van der Waals surface area contributed by atoms with Crippen LogP contribution in [0.5, 0.6) is 0 Å². The Morgan fingerprint density at radius 1 is 1.07 bits per heavy atom. The first-order chi connectivity index (χ1) is 26.1. The summed E-state index contributed by atoms with van der Waals surface area (Å²) in [5.74, 6) is 4.06. The number of hydrogen-bond donors (Lipinski definition) is 3. The van der Waals surface area contributed by atoms with Gasteiger partial charge in [-0.1, -0.05) is 107 Å². The predicted molar refractivity (Wildman–Crippen MR) is 239 cm³/mol. The van der Waals surface area contributed by atoms with Crippen LogP contribution in [-0.4, -0.2) is 46.4 Å². The Kier molecular flexibility index (Phi) is 35.2. The van der Waals surface area contributed by atoms with Crippen molar-refractivity contribution in [2.75, 3.05) is 12.9 Å². The van der Waals surface area contributed by atoms with Gasteiger partial charge >= 0.3 is 5.97 Å². The Hall–Kier alpha value is -3.67. The molecule has 1 heterocycles. The lowest BCUT2D eigenvalue weighted by molar-refractivity contribution is -0.111. The molecule has 9 heteroatoms. The van der Waals surface area contributed by atoms with Gasteiger partial charge in [0.2, 0.25) is 0 Å². The highest BCUT2D eigenvalue weighted by Gasteiger charge is 2.23. The van der Waals surface area contributed by atoms with Crippen molar-refractivity contribution >= 4 is 41.0 Å². The minimum absolute atomic E-state index is 0.0733. The number of carboxylic acids is 1. The molecule has 0 saturated carbocycles. The number of alkyl halides is 1. The average Bonchev–Trinajstić information content (AvgIpc) is 3.67. The molecule has 2 aromatic rings. The molecule has 7 nitrogen and oxygen atoms in total. The molecule has 0 saturated heterocycles. The molecular weight excluding hydrogens is 729 g/mol. The Morgan fingerprint density at radius 3 is 2.07 bits per heavy atom. The van der Waals surface area contributed by atoms with Crippen LogP contribution in [0.2, 0.25) is 0 Å². The van der Waals surface area contributed by atoms with E-state index < -0.39 is 5.97 Å². The van der Waals surface area contributed by atoms with Crippen molar-refractivity contribution in [3.8, 4) is 12.3 Å². The zero-order valence-corrected chi connectivity index (χ0v) is 37.1. The maximum absolute atomic E-state index is 10.7. The first-order valence-corrected chi connectivity index (χ1v) is 19.9. The van der Waals surface area contributed by atoms with E-state index >= 15 is 0 Å². The molecular formula is C46H71Cl2N3O4. The minimum Gasteiger partial charge on any atom is -0.478 e. The molecule has 0 aliphatic heterocycles. The van der Waals surface area contributed by atoms with Gasteiger partial charge < -0.3 is 24.9 Å². The smallest absolute Gasteiger partial charge is 0.335 e. The van der Waals surface area contributed by atoms with Crippen LogP contribution in [0.3, 0.4) is 0 Å². The molecule has 2 rings (SSSR count). The van der Waals surface area contributed by atoms with Gasteiger partial charge in [-0.3, -0.25) is 0 Å². The summed E-state index contributed by atoms with van der Waals surface area (Å²) in [6.45, 7) is 27.4. The Balaban J connectivity index is -0.000000683. The lowest BCUT2D eigenvalue weighted by Crippen LogP contribution is -2.20. The first-order valence-electron chi connectivity index (χ1n) is 19.0. The van der Waals surface area contributed by atoms with Crippen molar-refractivity contribution in [1.29, 1.82) is 0 Å². The summed E-state index contributed by atoms with van der Waals surface area (Å²) in [5.41, 5.74) is 3.34. The topological polar surface area (TPSA) is 104 Å². The van der Waals surface area contributed by atoms with Gasteiger partial charge in [-0.25, -0.2) is 9.78 Å². The van der Waals surface area contributed by atoms with E-state index in [1.54, 1.807) is 30.5 Å². The van der Waals surface area contributed by atoms with E-state index in [1.165, 1.54) is 12.8 Å². The van der Waals surface area contributed by atoms with Gasteiger partial charge in [-0.15, -0.1) is 31.2 Å². The zero-order valence-electron chi connectivity index (χ0n) is 35.6. The summed E-state index contributed by atoms with van der Waals surface area (Å²) < 4.78 is 5.53. The summed E-state index contributed by atoms with van der Waals surface area (Å²) in [4.78, 5) is 28.9. The second-order valence-corrected chi connectivity index (χ2v) is 14.2. The van der Waals surface area contributed by atoms with Gasteiger partial charge in [0.15, 0.2) is 0 Å². The highest BCUT2D eigenvalue weighted by molar-refractivity contribution is 6.35. The summed E-state index contributed by atoms with van der Waals surface area (Å²) in [6, 6.07) is 6.87. The third kappa shape index (κ3) is 26.7. The molecule has 1 aromatic heterocycles. The number of nitrogens with one attached hydrogen (secondary N) is 2. The maximum atomic E-state index is 10.7. The normalized spacial score (nSPS) is 13.6. The Morgan fingerprint density at radius 2 is 1.67 bits per heavy atom. The number of H-pyrrole nitrogens is 1. The van der Waals surface area contributed by atoms with E-state index in [0.717, 1.165) is 54.1 Å². The van der Waals surface area contributed by atoms with Gasteiger partial charge in [0, 0.05) is 17.4 Å². The quantitative estimate of drug-likeness (QED) is 0.0637. The number of ether oxygens (including phenoxy) is 1. The third-order valence-electron chi connectivity index (χ3n) is 8.56. The monoisotopic (exact) mass is 799 g/mol. The van der Waals surface area contributed by atoms with Gasteiger partial charge in [0.25, 0.3) is 0 Å². The van der Waals surface area contributed by atoms with E-state index in [9.17, 15) is 9.59 Å². The maximum Gasteiger partial charge on any atom is 0.335 e. The number of carbonyl (C=O) groups is 2. The molecule has 0 fully saturated rings. The summed E-state index contributed by atoms with van der Waals surface area (Å²) in [5, 5.41) is 12.3. The number of nitrogens with zero attached hydrogens (tertiary/aromatic N) is 1. The predicted octanol–water partition coefficient (Wildman–Crippen LogP) is 12.8. The molecule has 308 valence electrons. The molecule has 0 radical (unpaired) electrons. The number of allylic oxidation sites excluding steroid dienone is 6. The Labute approximate surface area is 344 Å². The van der Waals surface area contributed by atoms with Gasteiger partial charge in [0.1, 0.15) is 12.1 Å². The number of benzene rings is 1. The van der Waals surface area contributed by atoms with Crippen LogP contribution in [0.4, 0.5) is 0 Å². The first kappa shape index (κ1) is 55.7. The van der Waals surface area contributed by atoms with Gasteiger partial charge in [-0.05, 0) is 96.4 Å². The average molecular weight is 801 g/mol. The number of aldehydes is 1. The van der Waals surface area contributed by atoms with Crippen LogP contribution in [0.25, 0.3) is 5.57 Å². The van der Waals surface area contributed by atoms with Crippen LogP contribution >= 0.6 is 23.2 Å². The van der Waals surface area contributed by atoms with Gasteiger partial charge in [0.05, 0.1) is 41.2 Å². The van der Waals surface area contributed by atoms with E-state index in [1.807, 2.05) is 72.0 Å². The molecule has 0 spiro atoms. The van der Waals surface area contributed by atoms with Crippen LogP contribution in [0.1, 0.15) is 135 Å². The molecule has 4 unspecified atom stereocenters. The van der Waals surface area contributed by atoms with Crippen molar-refractivity contribution < 1.29 is 19.4 Å². The van der Waals surface area contributed by atoms with Crippen molar-refractivity contribution in [2.24, 2.45) is 17.3 Å². The number of hydrogen-bond acceptors (Lipinski definition) is 5. The molecule has 0 bridgehead atoms. The molecule has 1 aromatic carbocycles. The largest absolute Gasteiger partial charge is 0.478 e. The van der Waals surface area contributed by atoms with Crippen LogP contribution in [0, 0.1) is 29.6 Å². The standard InChI is InChI=1S/C14H18ClN3.C13H16O3.C13H26O.C4H7Cl.C2H4/c1-5-7-8-12(16-4)14-17-9-13(18-14)10(3)11(15)6-2;1-3-4-10(2)16-9-11-5-7-12(8-6-11)13(14)15;1-6-11(10-14)8-9-12(7-2)13(3,4)5;1-2-3-4-5;1-2/h2,5,7,9,12,16H,8H2,1,3-4H3,(H,17,18);3-8,10H,9H2,1-2H3,(H,14,15);10-12H,6-9H2,1-5H3;2-3H,4H2,1H3;1-2H2/b7-5+,11-10-;4-3-;;3-2-;. The van der Waals surface area contributed by atoms with Crippen molar-refractivity contribution in [2.45, 2.75) is 120 Å². The number of halogens is 2. The minimum atomic E-state index is -0.908. The number of imidazole rings is 1. The number of terminal acetylenes is 1. The van der Waals surface area contributed by atoms with E-state index in [-0.39, 0.29) is 18.1 Å². The lowest BCUT2D eigenvalue weighted by Gasteiger charge is -2.30. The van der Waals surface area contributed by atoms with Crippen LogP contribution < -0.4 is 5.32 Å². The lowest BCUT2D eigenvalue weighted by atomic mass is 9.75. The number of carboxylic acid groups (broad SMARTS) is 1. The third-order valence-corrected chi connectivity index (χ3v) is 9.13. The van der Waals surface area contributed by atoms with Crippen LogP contribution in [-0.2, 0) is 16.1 Å². The Bertz CT molecular complexity index is 1450. The highest BCUT2D eigenvalue weighted by Crippen LogP contribution is 2.33. The SMILES string of the molecule is C#C/C(Cl)=C(\C)c1cnc(C(C/C=C/C)NC)[nH]1.C/C=C\C(C)OCc1ccc(C(=O)O)cc1.C/C=C\CCl.C=C.CCC(C=O)CCC(CC)C(C)(C)C. The summed E-state index contributed by atoms with van der Waals surface area (Å²) >= 11 is 11.1. The molecule has 55 heavy (non-hydrogen) atoms. The number of carbonyl (C=O) groups excluding carboxylic acids is 1. The van der Waals surface area contributed by atoms with E-state index in [4.69, 9.17) is 39.5 Å².